The van der Waals surface area contributed by atoms with E-state index in [-0.39, 0.29) is 12.3 Å². The Labute approximate surface area is 88.0 Å². The summed E-state index contributed by atoms with van der Waals surface area (Å²) in [6.45, 7) is 5.13. The summed E-state index contributed by atoms with van der Waals surface area (Å²) in [6, 6.07) is 1.37. The molecule has 0 spiro atoms. The summed E-state index contributed by atoms with van der Waals surface area (Å²) in [5.74, 6) is -0.0577. The van der Waals surface area contributed by atoms with Gasteiger partial charge in [-0.05, 0) is 12.3 Å². The molecule has 1 rings (SSSR count). The van der Waals surface area contributed by atoms with Gasteiger partial charge in [-0.25, -0.2) is 4.79 Å². The molecule has 0 aliphatic rings. The van der Waals surface area contributed by atoms with Gasteiger partial charge >= 0.3 is 5.97 Å². The van der Waals surface area contributed by atoms with Crippen LogP contribution in [0, 0.1) is 5.92 Å². The highest BCUT2D eigenvalue weighted by atomic mass is 16.5. The van der Waals surface area contributed by atoms with Gasteiger partial charge in [0.05, 0.1) is 0 Å². The van der Waals surface area contributed by atoms with Crippen molar-refractivity contribution in [3.05, 3.63) is 17.5 Å². The zero-order valence-corrected chi connectivity index (χ0v) is 8.90. The van der Waals surface area contributed by atoms with Crippen LogP contribution in [0.5, 0.6) is 0 Å². The number of rotatable bonds is 6. The highest BCUT2D eigenvalue weighted by molar-refractivity contribution is 5.85. The van der Waals surface area contributed by atoms with Crippen molar-refractivity contribution in [2.45, 2.75) is 26.9 Å². The summed E-state index contributed by atoms with van der Waals surface area (Å²) in [6.07, 6.45) is 0.972. The first kappa shape index (κ1) is 11.7. The van der Waals surface area contributed by atoms with E-state index in [9.17, 15) is 4.79 Å². The lowest BCUT2D eigenvalue weighted by Crippen LogP contribution is -1.98. The first-order valence-electron chi connectivity index (χ1n) is 4.86. The number of ether oxygens (including phenoxy) is 1. The molecule has 0 atom stereocenters. The fraction of sp³-hybridized carbons (Fsp3) is 0.600. The van der Waals surface area contributed by atoms with Crippen LogP contribution in [-0.4, -0.2) is 22.8 Å². The molecule has 0 aliphatic carbocycles. The molecule has 0 bridgehead atoms. The van der Waals surface area contributed by atoms with Crippen molar-refractivity contribution in [2.75, 3.05) is 6.61 Å². The van der Waals surface area contributed by atoms with Crippen LogP contribution in [0.4, 0.5) is 0 Å². The van der Waals surface area contributed by atoms with Gasteiger partial charge < -0.3 is 14.4 Å². The minimum absolute atomic E-state index is 0.0857. The molecule has 0 saturated heterocycles. The Morgan fingerprint density at radius 1 is 1.67 bits per heavy atom. The molecule has 1 N–H and O–H groups in total. The van der Waals surface area contributed by atoms with Crippen molar-refractivity contribution >= 4 is 5.97 Å². The number of carboxylic acid groups (broad SMARTS) is 1. The van der Waals surface area contributed by atoms with E-state index in [0.29, 0.717) is 18.3 Å². The monoisotopic (exact) mass is 213 g/mol. The maximum atomic E-state index is 10.5. The largest absolute Gasteiger partial charge is 0.476 e. The van der Waals surface area contributed by atoms with Gasteiger partial charge in [-0.1, -0.05) is 19.0 Å². The Balaban J connectivity index is 2.29. The van der Waals surface area contributed by atoms with Gasteiger partial charge in [0.1, 0.15) is 6.61 Å². The molecular weight excluding hydrogens is 198 g/mol. The van der Waals surface area contributed by atoms with Gasteiger partial charge in [0, 0.05) is 12.7 Å². The minimum atomic E-state index is -1.09. The van der Waals surface area contributed by atoms with E-state index in [4.69, 9.17) is 14.4 Å². The van der Waals surface area contributed by atoms with Crippen LogP contribution in [0.2, 0.25) is 0 Å². The van der Waals surface area contributed by atoms with Crippen molar-refractivity contribution in [3.63, 3.8) is 0 Å². The van der Waals surface area contributed by atoms with E-state index in [1.54, 1.807) is 0 Å². The van der Waals surface area contributed by atoms with Gasteiger partial charge in [0.2, 0.25) is 0 Å². The summed E-state index contributed by atoms with van der Waals surface area (Å²) in [4.78, 5) is 10.5. The third kappa shape index (κ3) is 4.12. The molecule has 0 aliphatic heterocycles. The standard InChI is InChI=1S/C10H15NO4/c1-7(2)3-4-14-6-8-5-9(10(12)13)11-15-8/h5,7H,3-4,6H2,1-2H3,(H,12,13). The fourth-order valence-corrected chi connectivity index (χ4v) is 0.974. The molecule has 0 unspecified atom stereocenters. The fourth-order valence-electron chi connectivity index (χ4n) is 0.974. The number of aromatic nitrogens is 1. The Kier molecular flexibility index (Phi) is 4.30. The highest BCUT2D eigenvalue weighted by Gasteiger charge is 2.10. The Hall–Kier alpha value is -1.36. The summed E-state index contributed by atoms with van der Waals surface area (Å²) in [5, 5.41) is 12.0. The first-order chi connectivity index (χ1) is 7.09. The quantitative estimate of drug-likeness (QED) is 0.731. The molecular formula is C10H15NO4. The van der Waals surface area contributed by atoms with Crippen molar-refractivity contribution in [1.29, 1.82) is 0 Å². The summed E-state index contributed by atoms with van der Waals surface area (Å²) in [7, 11) is 0. The average molecular weight is 213 g/mol. The molecule has 5 nitrogen and oxygen atoms in total. The molecule has 1 aromatic heterocycles. The van der Waals surface area contributed by atoms with Crippen LogP contribution >= 0.6 is 0 Å². The van der Waals surface area contributed by atoms with Crippen molar-refractivity contribution in [1.82, 2.24) is 5.16 Å². The van der Waals surface area contributed by atoms with E-state index in [1.807, 2.05) is 0 Å². The van der Waals surface area contributed by atoms with Gasteiger partial charge in [-0.3, -0.25) is 0 Å². The number of hydrogen-bond acceptors (Lipinski definition) is 4. The minimum Gasteiger partial charge on any atom is -0.476 e. The van der Waals surface area contributed by atoms with Gasteiger partial charge in [0.15, 0.2) is 11.5 Å². The second kappa shape index (κ2) is 5.50. The number of nitrogens with zero attached hydrogens (tertiary/aromatic N) is 1. The molecule has 15 heavy (non-hydrogen) atoms. The molecule has 0 radical (unpaired) electrons. The normalized spacial score (nSPS) is 10.9. The van der Waals surface area contributed by atoms with E-state index in [0.717, 1.165) is 6.42 Å². The molecule has 0 fully saturated rings. The van der Waals surface area contributed by atoms with E-state index in [1.165, 1.54) is 6.07 Å². The molecule has 0 amide bonds. The predicted molar refractivity (Wildman–Crippen MR) is 52.6 cm³/mol. The highest BCUT2D eigenvalue weighted by Crippen LogP contribution is 2.06. The van der Waals surface area contributed by atoms with E-state index >= 15 is 0 Å². The second-order valence-corrected chi connectivity index (χ2v) is 3.72. The second-order valence-electron chi connectivity index (χ2n) is 3.72. The Morgan fingerprint density at radius 2 is 2.40 bits per heavy atom. The van der Waals surface area contributed by atoms with Gasteiger partial charge in [-0.15, -0.1) is 0 Å². The van der Waals surface area contributed by atoms with Crippen molar-refractivity contribution < 1.29 is 19.2 Å². The van der Waals surface area contributed by atoms with Crippen LogP contribution in [0.3, 0.4) is 0 Å². The van der Waals surface area contributed by atoms with Crippen molar-refractivity contribution in [2.24, 2.45) is 5.92 Å². The van der Waals surface area contributed by atoms with E-state index in [2.05, 4.69) is 19.0 Å². The maximum absolute atomic E-state index is 10.5. The van der Waals surface area contributed by atoms with Crippen LogP contribution in [0.15, 0.2) is 10.6 Å². The third-order valence-corrected chi connectivity index (χ3v) is 1.86. The molecule has 5 heteroatoms. The molecule has 1 heterocycles. The number of aromatic carboxylic acids is 1. The van der Waals surface area contributed by atoms with Gasteiger partial charge in [-0.2, -0.15) is 0 Å². The SMILES string of the molecule is CC(C)CCOCc1cc(C(=O)O)no1. The van der Waals surface area contributed by atoms with E-state index < -0.39 is 5.97 Å². The lowest BCUT2D eigenvalue weighted by molar-refractivity contribution is 0.0683. The van der Waals surface area contributed by atoms with Crippen molar-refractivity contribution in [3.8, 4) is 0 Å². The van der Waals surface area contributed by atoms with Crippen LogP contribution in [-0.2, 0) is 11.3 Å². The molecule has 0 saturated carbocycles. The topological polar surface area (TPSA) is 72.6 Å². The zero-order valence-electron chi connectivity index (χ0n) is 8.90. The summed E-state index contributed by atoms with van der Waals surface area (Å²) >= 11 is 0. The lowest BCUT2D eigenvalue weighted by Gasteiger charge is -2.03. The summed E-state index contributed by atoms with van der Waals surface area (Å²) < 4.78 is 10.1. The average Bonchev–Trinajstić information content (AvgIpc) is 2.60. The molecule has 0 aromatic carbocycles. The molecule has 84 valence electrons. The smallest absolute Gasteiger partial charge is 0.358 e. The first-order valence-corrected chi connectivity index (χ1v) is 4.86. The Morgan fingerprint density at radius 3 is 2.93 bits per heavy atom. The zero-order chi connectivity index (χ0) is 11.3. The molecule has 1 aromatic rings. The Bertz CT molecular complexity index is 319. The number of hydrogen-bond donors (Lipinski definition) is 1. The lowest BCUT2D eigenvalue weighted by atomic mass is 10.1. The van der Waals surface area contributed by atoms with Gasteiger partial charge in [0.25, 0.3) is 0 Å². The number of carbonyl (C=O) groups is 1. The van der Waals surface area contributed by atoms with Crippen LogP contribution < -0.4 is 0 Å². The van der Waals surface area contributed by atoms with Crippen LogP contribution in [0.25, 0.3) is 0 Å². The summed E-state index contributed by atoms with van der Waals surface area (Å²) in [5.41, 5.74) is -0.0857. The van der Waals surface area contributed by atoms with Crippen LogP contribution in [0.1, 0.15) is 36.5 Å². The number of carboxylic acids is 1. The predicted octanol–water partition coefficient (Wildman–Crippen LogP) is 1.94. The maximum Gasteiger partial charge on any atom is 0.358 e. The third-order valence-electron chi connectivity index (χ3n) is 1.86.